The number of carbonyl (C=O) groups excluding carboxylic acids is 2. The number of amides is 2. The number of hydrogen-bond donors (Lipinski definition) is 1. The third-order valence-electron chi connectivity index (χ3n) is 5.33. The van der Waals surface area contributed by atoms with Gasteiger partial charge in [0.15, 0.2) is 0 Å². The summed E-state index contributed by atoms with van der Waals surface area (Å²) in [5.74, 6) is -0.0815. The van der Waals surface area contributed by atoms with E-state index in [0.717, 1.165) is 25.9 Å². The van der Waals surface area contributed by atoms with Crippen LogP contribution in [0.3, 0.4) is 0 Å². The van der Waals surface area contributed by atoms with E-state index in [1.165, 1.54) is 6.07 Å². The normalized spacial score (nSPS) is 19.1. The van der Waals surface area contributed by atoms with Crippen molar-refractivity contribution in [2.45, 2.75) is 19.3 Å². The van der Waals surface area contributed by atoms with Crippen molar-refractivity contribution in [3.63, 3.8) is 0 Å². The smallest absolute Gasteiger partial charge is 0.236 e. The zero-order chi connectivity index (χ0) is 19.1. The van der Waals surface area contributed by atoms with Gasteiger partial charge in [-0.3, -0.25) is 14.5 Å². The summed E-state index contributed by atoms with van der Waals surface area (Å²) in [5.41, 5.74) is 0.620. The minimum Gasteiger partial charge on any atom is -0.378 e. The first-order valence-electron chi connectivity index (χ1n) is 9.72. The molecule has 0 aromatic heterocycles. The summed E-state index contributed by atoms with van der Waals surface area (Å²) in [6.45, 7) is 4.92. The maximum Gasteiger partial charge on any atom is 0.236 e. The number of nitrogens with one attached hydrogen (secondary N) is 1. The van der Waals surface area contributed by atoms with Crippen molar-refractivity contribution in [1.29, 1.82) is 0 Å². The van der Waals surface area contributed by atoms with Crippen LogP contribution in [0.4, 0.5) is 4.39 Å². The van der Waals surface area contributed by atoms with Gasteiger partial charge in [0.2, 0.25) is 11.8 Å². The van der Waals surface area contributed by atoms with Gasteiger partial charge in [-0.2, -0.15) is 0 Å². The average Bonchev–Trinajstić information content (AvgIpc) is 2.70. The number of ether oxygens (including phenoxy) is 1. The molecule has 0 spiro atoms. The first-order valence-corrected chi connectivity index (χ1v) is 9.72. The maximum atomic E-state index is 13.6. The van der Waals surface area contributed by atoms with E-state index in [0.29, 0.717) is 51.4 Å². The molecule has 2 fully saturated rings. The Morgan fingerprint density at radius 2 is 1.81 bits per heavy atom. The minimum atomic E-state index is -0.231. The number of morpholine rings is 1. The average molecular weight is 377 g/mol. The van der Waals surface area contributed by atoms with Crippen molar-refractivity contribution in [3.8, 4) is 0 Å². The highest BCUT2D eigenvalue weighted by atomic mass is 19.1. The van der Waals surface area contributed by atoms with E-state index < -0.39 is 0 Å². The lowest BCUT2D eigenvalue weighted by Crippen LogP contribution is -2.48. The van der Waals surface area contributed by atoms with Crippen LogP contribution in [0.5, 0.6) is 0 Å². The van der Waals surface area contributed by atoms with Crippen molar-refractivity contribution >= 4 is 11.8 Å². The Morgan fingerprint density at radius 3 is 2.52 bits per heavy atom. The molecule has 7 heteroatoms. The standard InChI is InChI=1S/C20H28FN3O3/c21-18-4-2-1-3-16(18)5-8-22-20(26)17-6-9-23(10-7-17)15-19(25)24-11-13-27-14-12-24/h1-4,17H,5-15H2,(H,22,26). The predicted molar refractivity (Wildman–Crippen MR) is 99.7 cm³/mol. The number of halogens is 1. The van der Waals surface area contributed by atoms with E-state index in [2.05, 4.69) is 10.2 Å². The minimum absolute atomic E-state index is 0.0274. The van der Waals surface area contributed by atoms with Gasteiger partial charge in [0, 0.05) is 25.6 Å². The third-order valence-corrected chi connectivity index (χ3v) is 5.33. The Kier molecular flexibility index (Phi) is 7.18. The van der Waals surface area contributed by atoms with Crippen LogP contribution >= 0.6 is 0 Å². The third kappa shape index (κ3) is 5.74. The van der Waals surface area contributed by atoms with Crippen molar-refractivity contribution in [2.75, 3.05) is 52.5 Å². The van der Waals surface area contributed by atoms with Gasteiger partial charge in [-0.25, -0.2) is 4.39 Å². The molecule has 1 aromatic carbocycles. The van der Waals surface area contributed by atoms with Gasteiger partial charge >= 0.3 is 0 Å². The lowest BCUT2D eigenvalue weighted by Gasteiger charge is -2.33. The number of rotatable bonds is 6. The number of benzene rings is 1. The Balaban J connectivity index is 1.35. The van der Waals surface area contributed by atoms with Crippen LogP contribution in [0.1, 0.15) is 18.4 Å². The summed E-state index contributed by atoms with van der Waals surface area (Å²) < 4.78 is 18.9. The maximum absolute atomic E-state index is 13.6. The molecule has 0 bridgehead atoms. The second kappa shape index (κ2) is 9.80. The molecule has 1 aromatic rings. The van der Waals surface area contributed by atoms with Crippen molar-refractivity contribution in [2.24, 2.45) is 5.92 Å². The van der Waals surface area contributed by atoms with Crippen molar-refractivity contribution in [1.82, 2.24) is 15.1 Å². The van der Waals surface area contributed by atoms with Crippen LogP contribution in [0.25, 0.3) is 0 Å². The number of carbonyl (C=O) groups is 2. The van der Waals surface area contributed by atoms with Gasteiger partial charge in [-0.15, -0.1) is 0 Å². The number of piperidine rings is 1. The molecule has 27 heavy (non-hydrogen) atoms. The molecule has 6 nitrogen and oxygen atoms in total. The highest BCUT2D eigenvalue weighted by Gasteiger charge is 2.27. The van der Waals surface area contributed by atoms with E-state index in [-0.39, 0.29) is 23.5 Å². The van der Waals surface area contributed by atoms with Gasteiger partial charge in [-0.05, 0) is 44.0 Å². The topological polar surface area (TPSA) is 61.9 Å². The SMILES string of the molecule is O=C(NCCc1ccccc1F)C1CCN(CC(=O)N2CCOCC2)CC1. The van der Waals surface area contributed by atoms with E-state index in [9.17, 15) is 14.0 Å². The lowest BCUT2D eigenvalue weighted by atomic mass is 9.95. The van der Waals surface area contributed by atoms with Gasteiger partial charge < -0.3 is 15.0 Å². The van der Waals surface area contributed by atoms with Crippen LogP contribution in [0, 0.1) is 11.7 Å². The Bertz CT molecular complexity index is 641. The second-order valence-electron chi connectivity index (χ2n) is 7.18. The second-order valence-corrected chi connectivity index (χ2v) is 7.18. The number of hydrogen-bond acceptors (Lipinski definition) is 4. The Labute approximate surface area is 159 Å². The molecule has 0 aliphatic carbocycles. The molecule has 148 valence electrons. The molecule has 2 aliphatic rings. The molecular weight excluding hydrogens is 349 g/mol. The fourth-order valence-electron chi connectivity index (χ4n) is 3.62. The Morgan fingerprint density at radius 1 is 1.11 bits per heavy atom. The molecule has 1 N–H and O–H groups in total. The van der Waals surface area contributed by atoms with Crippen LogP contribution in [-0.2, 0) is 20.7 Å². The fraction of sp³-hybridized carbons (Fsp3) is 0.600. The van der Waals surface area contributed by atoms with Gasteiger partial charge in [0.05, 0.1) is 19.8 Å². The van der Waals surface area contributed by atoms with Crippen LogP contribution in [-0.4, -0.2) is 74.1 Å². The van der Waals surface area contributed by atoms with E-state index in [1.807, 2.05) is 4.90 Å². The molecule has 2 aliphatic heterocycles. The number of likely N-dealkylation sites (tertiary alicyclic amines) is 1. The van der Waals surface area contributed by atoms with Crippen LogP contribution in [0.2, 0.25) is 0 Å². The quantitative estimate of drug-likeness (QED) is 0.805. The Hall–Kier alpha value is -1.99. The van der Waals surface area contributed by atoms with Gasteiger partial charge in [0.25, 0.3) is 0 Å². The van der Waals surface area contributed by atoms with E-state index in [4.69, 9.17) is 4.74 Å². The first-order chi connectivity index (χ1) is 13.1. The zero-order valence-corrected chi connectivity index (χ0v) is 15.7. The molecular formula is C20H28FN3O3. The lowest BCUT2D eigenvalue weighted by molar-refractivity contribution is -0.137. The molecule has 2 amide bonds. The predicted octanol–water partition coefficient (Wildman–Crippen LogP) is 1.06. The summed E-state index contributed by atoms with van der Waals surface area (Å²) in [4.78, 5) is 28.6. The van der Waals surface area contributed by atoms with Crippen LogP contribution < -0.4 is 5.32 Å². The van der Waals surface area contributed by atoms with Gasteiger partial charge in [0.1, 0.15) is 5.82 Å². The molecule has 0 atom stereocenters. The summed E-state index contributed by atoms with van der Waals surface area (Å²) in [7, 11) is 0. The first kappa shape index (κ1) is 19.8. The largest absolute Gasteiger partial charge is 0.378 e. The summed E-state index contributed by atoms with van der Waals surface area (Å²) in [6, 6.07) is 6.64. The summed E-state index contributed by atoms with van der Waals surface area (Å²) in [5, 5.41) is 2.92. The molecule has 0 saturated carbocycles. The van der Waals surface area contributed by atoms with E-state index in [1.54, 1.807) is 18.2 Å². The zero-order valence-electron chi connectivity index (χ0n) is 15.7. The van der Waals surface area contributed by atoms with Gasteiger partial charge in [-0.1, -0.05) is 18.2 Å². The summed E-state index contributed by atoms with van der Waals surface area (Å²) >= 11 is 0. The van der Waals surface area contributed by atoms with Crippen molar-refractivity contribution < 1.29 is 18.7 Å². The highest BCUT2D eigenvalue weighted by Crippen LogP contribution is 2.17. The highest BCUT2D eigenvalue weighted by molar-refractivity contribution is 5.79. The van der Waals surface area contributed by atoms with Crippen molar-refractivity contribution in [3.05, 3.63) is 35.6 Å². The number of nitrogens with zero attached hydrogens (tertiary/aromatic N) is 2. The molecule has 2 saturated heterocycles. The van der Waals surface area contributed by atoms with E-state index >= 15 is 0 Å². The fourth-order valence-corrected chi connectivity index (χ4v) is 3.62. The van der Waals surface area contributed by atoms with Crippen LogP contribution in [0.15, 0.2) is 24.3 Å². The monoisotopic (exact) mass is 377 g/mol. The molecule has 2 heterocycles. The molecule has 0 radical (unpaired) electrons. The summed E-state index contributed by atoms with van der Waals surface area (Å²) in [6.07, 6.45) is 2.00. The molecule has 3 rings (SSSR count). The molecule has 0 unspecified atom stereocenters.